The summed E-state index contributed by atoms with van der Waals surface area (Å²) in [5.74, 6) is 0.357. The molecule has 0 aliphatic rings. The molecule has 0 radical (unpaired) electrons. The highest BCUT2D eigenvalue weighted by molar-refractivity contribution is 5.83. The second-order valence-electron chi connectivity index (χ2n) is 8.10. The van der Waals surface area contributed by atoms with Crippen molar-refractivity contribution in [3.63, 3.8) is 0 Å². The number of hydrogen-bond acceptors (Lipinski definition) is 3. The van der Waals surface area contributed by atoms with Gasteiger partial charge in [0.25, 0.3) is 0 Å². The Hall–Kier alpha value is -3.08. The zero-order chi connectivity index (χ0) is 21.7. The highest BCUT2D eigenvalue weighted by Gasteiger charge is 2.13. The van der Waals surface area contributed by atoms with Crippen LogP contribution in [0, 0.1) is 12.8 Å². The summed E-state index contributed by atoms with van der Waals surface area (Å²) in [7, 11) is 0. The van der Waals surface area contributed by atoms with Crippen molar-refractivity contribution in [2.45, 2.75) is 53.2 Å². The van der Waals surface area contributed by atoms with Crippen molar-refractivity contribution in [1.29, 1.82) is 0 Å². The minimum absolute atomic E-state index is 0.0772. The quantitative estimate of drug-likeness (QED) is 0.462. The summed E-state index contributed by atoms with van der Waals surface area (Å²) < 4.78 is 8.11. The number of allylic oxidation sites excluding steroid dienone is 2. The van der Waals surface area contributed by atoms with Gasteiger partial charge in [0, 0.05) is 17.8 Å². The lowest BCUT2D eigenvalue weighted by molar-refractivity contribution is -0.137. The molecule has 2 aromatic carbocycles. The van der Waals surface area contributed by atoms with Gasteiger partial charge < -0.3 is 9.84 Å². The first-order valence-electron chi connectivity index (χ1n) is 10.4. The van der Waals surface area contributed by atoms with Gasteiger partial charge in [-0.25, -0.2) is 0 Å². The van der Waals surface area contributed by atoms with Crippen LogP contribution in [0.5, 0.6) is 5.75 Å². The van der Waals surface area contributed by atoms with Gasteiger partial charge in [-0.2, -0.15) is 5.10 Å². The van der Waals surface area contributed by atoms with Crippen LogP contribution in [0.15, 0.2) is 54.7 Å². The van der Waals surface area contributed by atoms with E-state index in [-0.39, 0.29) is 12.3 Å². The van der Waals surface area contributed by atoms with E-state index < -0.39 is 5.97 Å². The van der Waals surface area contributed by atoms with Crippen molar-refractivity contribution in [2.24, 2.45) is 5.92 Å². The molecule has 0 unspecified atom stereocenters. The number of carboxylic acids is 1. The van der Waals surface area contributed by atoms with Gasteiger partial charge in [-0.3, -0.25) is 9.48 Å². The third-order valence-electron chi connectivity index (χ3n) is 5.23. The Morgan fingerprint density at radius 2 is 1.93 bits per heavy atom. The summed E-state index contributed by atoms with van der Waals surface area (Å²) in [4.78, 5) is 11.1. The largest absolute Gasteiger partial charge is 0.489 e. The van der Waals surface area contributed by atoms with Crippen LogP contribution in [0.2, 0.25) is 0 Å². The molecule has 0 spiro atoms. The molecule has 5 nitrogen and oxygen atoms in total. The molecule has 1 heterocycles. The van der Waals surface area contributed by atoms with Crippen LogP contribution in [0.25, 0.3) is 10.9 Å². The van der Waals surface area contributed by atoms with Crippen LogP contribution in [0.3, 0.4) is 0 Å². The van der Waals surface area contributed by atoms with E-state index in [0.717, 1.165) is 28.8 Å². The fourth-order valence-corrected chi connectivity index (χ4v) is 3.73. The fourth-order valence-electron chi connectivity index (χ4n) is 3.73. The van der Waals surface area contributed by atoms with E-state index in [0.29, 0.717) is 12.5 Å². The second kappa shape index (κ2) is 9.61. The van der Waals surface area contributed by atoms with Crippen molar-refractivity contribution in [2.75, 3.05) is 0 Å². The molecule has 0 aliphatic carbocycles. The molecule has 0 fully saturated rings. The van der Waals surface area contributed by atoms with Crippen molar-refractivity contribution in [3.05, 3.63) is 71.4 Å². The number of aryl methyl sites for hydroxylation is 1. The lowest BCUT2D eigenvalue weighted by Gasteiger charge is -2.14. The second-order valence-corrected chi connectivity index (χ2v) is 8.10. The summed E-state index contributed by atoms with van der Waals surface area (Å²) >= 11 is 0. The number of ether oxygens (including phenoxy) is 1. The molecule has 30 heavy (non-hydrogen) atoms. The number of aromatic nitrogens is 2. The summed E-state index contributed by atoms with van der Waals surface area (Å²) in [5, 5.41) is 14.8. The van der Waals surface area contributed by atoms with Crippen LogP contribution in [0.4, 0.5) is 0 Å². The number of aliphatic carboxylic acids is 1. The van der Waals surface area contributed by atoms with Gasteiger partial charge in [0.15, 0.2) is 0 Å². The predicted octanol–water partition coefficient (Wildman–Crippen LogP) is 5.71. The van der Waals surface area contributed by atoms with E-state index in [1.54, 1.807) is 0 Å². The van der Waals surface area contributed by atoms with Crippen LogP contribution in [0.1, 0.15) is 49.8 Å². The summed E-state index contributed by atoms with van der Waals surface area (Å²) in [6.07, 6.45) is 5.81. The number of rotatable bonds is 9. The normalized spacial score (nSPS) is 12.7. The molecule has 1 aromatic heterocycles. The van der Waals surface area contributed by atoms with Gasteiger partial charge in [-0.15, -0.1) is 0 Å². The van der Waals surface area contributed by atoms with Gasteiger partial charge in [-0.1, -0.05) is 50.3 Å². The number of carboxylic acid groups (broad SMARTS) is 1. The summed E-state index contributed by atoms with van der Waals surface area (Å²) in [6.45, 7) is 9.77. The van der Waals surface area contributed by atoms with Gasteiger partial charge in [0.2, 0.25) is 0 Å². The molecule has 0 aliphatic heterocycles. The molecule has 3 rings (SSSR count). The SMILES string of the molecule is CC=C[C@H](CC(=O)O)c1ccc(OCc2ccc3cnn(CC(C)C)c3c2C)cc1. The molecule has 0 saturated carbocycles. The molecule has 1 atom stereocenters. The minimum Gasteiger partial charge on any atom is -0.489 e. The number of fused-ring (bicyclic) bond motifs is 1. The molecule has 5 heteroatoms. The third-order valence-corrected chi connectivity index (χ3v) is 5.23. The Morgan fingerprint density at radius 1 is 1.20 bits per heavy atom. The lowest BCUT2D eigenvalue weighted by Crippen LogP contribution is -2.07. The van der Waals surface area contributed by atoms with Gasteiger partial charge in [-0.05, 0) is 48.6 Å². The van der Waals surface area contributed by atoms with E-state index in [2.05, 4.69) is 42.7 Å². The van der Waals surface area contributed by atoms with Crippen LogP contribution < -0.4 is 4.74 Å². The van der Waals surface area contributed by atoms with Crippen molar-refractivity contribution < 1.29 is 14.6 Å². The van der Waals surface area contributed by atoms with Crippen molar-refractivity contribution in [1.82, 2.24) is 9.78 Å². The molecular weight excluding hydrogens is 376 g/mol. The van der Waals surface area contributed by atoms with E-state index in [1.165, 1.54) is 11.1 Å². The molecule has 0 bridgehead atoms. The zero-order valence-corrected chi connectivity index (χ0v) is 18.1. The molecule has 3 aromatic rings. The first-order chi connectivity index (χ1) is 14.4. The molecule has 158 valence electrons. The molecular formula is C25H30N2O3. The molecule has 0 saturated heterocycles. The summed E-state index contributed by atoms with van der Waals surface area (Å²) in [6, 6.07) is 11.9. The van der Waals surface area contributed by atoms with Crippen molar-refractivity contribution >= 4 is 16.9 Å². The Kier molecular flexibility index (Phi) is 6.93. The maximum absolute atomic E-state index is 11.1. The number of carbonyl (C=O) groups is 1. The maximum Gasteiger partial charge on any atom is 0.304 e. The molecule has 1 N–H and O–H groups in total. The Morgan fingerprint density at radius 3 is 2.57 bits per heavy atom. The van der Waals surface area contributed by atoms with Crippen LogP contribution in [-0.2, 0) is 17.9 Å². The lowest BCUT2D eigenvalue weighted by atomic mass is 9.95. The van der Waals surface area contributed by atoms with Crippen LogP contribution in [-0.4, -0.2) is 20.9 Å². The Bertz CT molecular complexity index is 1030. The van der Waals surface area contributed by atoms with Gasteiger partial charge in [0.1, 0.15) is 12.4 Å². The molecule has 0 amide bonds. The fraction of sp³-hybridized carbons (Fsp3) is 0.360. The Balaban J connectivity index is 1.74. The van der Waals surface area contributed by atoms with E-state index in [1.807, 2.05) is 49.5 Å². The average Bonchev–Trinajstić information content (AvgIpc) is 3.10. The van der Waals surface area contributed by atoms with Crippen LogP contribution >= 0.6 is 0 Å². The number of nitrogens with zero attached hydrogens (tertiary/aromatic N) is 2. The predicted molar refractivity (Wildman–Crippen MR) is 120 cm³/mol. The van der Waals surface area contributed by atoms with Gasteiger partial charge >= 0.3 is 5.97 Å². The minimum atomic E-state index is -0.805. The van der Waals surface area contributed by atoms with E-state index in [9.17, 15) is 4.79 Å². The average molecular weight is 407 g/mol. The highest BCUT2D eigenvalue weighted by Crippen LogP contribution is 2.26. The topological polar surface area (TPSA) is 64.3 Å². The first kappa shape index (κ1) is 21.6. The van der Waals surface area contributed by atoms with E-state index in [4.69, 9.17) is 9.84 Å². The highest BCUT2D eigenvalue weighted by atomic mass is 16.5. The zero-order valence-electron chi connectivity index (χ0n) is 18.1. The standard InChI is InChI=1S/C25H30N2O3/c1-5-6-20(13-24(28)29)19-9-11-23(12-10-19)30-16-22-8-7-21-14-26-27(15-17(2)3)25(21)18(22)4/h5-12,14,17,20H,13,15-16H2,1-4H3,(H,28,29)/t20-/m1/s1. The van der Waals surface area contributed by atoms with E-state index >= 15 is 0 Å². The summed E-state index contributed by atoms with van der Waals surface area (Å²) in [5.41, 5.74) is 4.47. The maximum atomic E-state index is 11.1. The smallest absolute Gasteiger partial charge is 0.304 e. The number of hydrogen-bond donors (Lipinski definition) is 1. The monoisotopic (exact) mass is 406 g/mol. The van der Waals surface area contributed by atoms with Gasteiger partial charge in [0.05, 0.1) is 18.1 Å². The first-order valence-corrected chi connectivity index (χ1v) is 10.4. The Labute approximate surface area is 178 Å². The third kappa shape index (κ3) is 5.09. The number of benzene rings is 2. The van der Waals surface area contributed by atoms with Crippen molar-refractivity contribution in [3.8, 4) is 5.75 Å².